The maximum atomic E-state index is 14.0. The van der Waals surface area contributed by atoms with Gasteiger partial charge in [0.1, 0.15) is 0 Å². The summed E-state index contributed by atoms with van der Waals surface area (Å²) >= 11 is 19.3. The molecule has 0 radical (unpaired) electrons. The SMILES string of the molecule is Cc1c2c(n(-c3ccc(-c4ccc(Cl)cc4)cc3Cl)c1-c1ccc(Cl)cc1)CCN(N1CCCCC1)C2=O.Cl. The molecule has 0 N–H and O–H groups in total. The minimum Gasteiger partial charge on any atom is -0.311 e. The first-order chi connectivity index (χ1) is 18.4. The number of piperidine rings is 1. The first kappa shape index (κ1) is 28.1. The molecule has 202 valence electrons. The third kappa shape index (κ3) is 5.21. The van der Waals surface area contributed by atoms with E-state index in [9.17, 15) is 4.79 Å². The molecule has 1 aromatic heterocycles. The summed E-state index contributed by atoms with van der Waals surface area (Å²) < 4.78 is 2.19. The Morgan fingerprint density at radius 2 is 1.31 bits per heavy atom. The Kier molecular flexibility index (Phi) is 8.32. The molecule has 39 heavy (non-hydrogen) atoms. The summed E-state index contributed by atoms with van der Waals surface area (Å²) in [4.78, 5) is 14.0. The van der Waals surface area contributed by atoms with Gasteiger partial charge in [-0.3, -0.25) is 9.80 Å². The number of fused-ring (bicyclic) bond motifs is 1. The van der Waals surface area contributed by atoms with E-state index in [1.807, 2.05) is 72.6 Å². The number of hydrogen-bond acceptors (Lipinski definition) is 2. The van der Waals surface area contributed by atoms with Gasteiger partial charge in [-0.25, -0.2) is 5.01 Å². The zero-order valence-corrected chi connectivity index (χ0v) is 24.7. The molecule has 4 aromatic rings. The van der Waals surface area contributed by atoms with Crippen LogP contribution < -0.4 is 0 Å². The monoisotopic (exact) mass is 599 g/mol. The lowest BCUT2D eigenvalue weighted by Crippen LogP contribution is -2.51. The van der Waals surface area contributed by atoms with Gasteiger partial charge in [0.05, 0.1) is 22.0 Å². The van der Waals surface area contributed by atoms with Crippen molar-refractivity contribution in [3.05, 3.63) is 98.6 Å². The summed E-state index contributed by atoms with van der Waals surface area (Å²) in [6.45, 7) is 4.58. The van der Waals surface area contributed by atoms with Gasteiger partial charge in [-0.2, -0.15) is 0 Å². The molecule has 1 amide bonds. The zero-order valence-electron chi connectivity index (χ0n) is 21.6. The minimum absolute atomic E-state index is 0. The van der Waals surface area contributed by atoms with Crippen LogP contribution in [-0.4, -0.2) is 40.1 Å². The third-order valence-electron chi connectivity index (χ3n) is 7.68. The summed E-state index contributed by atoms with van der Waals surface area (Å²) in [7, 11) is 0. The fraction of sp³-hybridized carbons (Fsp3) is 0.258. The number of benzene rings is 3. The number of hydrogen-bond donors (Lipinski definition) is 0. The third-order valence-corrected chi connectivity index (χ3v) is 8.49. The number of carbonyl (C=O) groups is 1. The van der Waals surface area contributed by atoms with E-state index in [4.69, 9.17) is 34.8 Å². The van der Waals surface area contributed by atoms with Gasteiger partial charge in [0, 0.05) is 41.8 Å². The van der Waals surface area contributed by atoms with Gasteiger partial charge in [-0.15, -0.1) is 12.4 Å². The summed E-state index contributed by atoms with van der Waals surface area (Å²) in [6, 6.07) is 21.6. The van der Waals surface area contributed by atoms with E-state index in [-0.39, 0.29) is 18.3 Å². The smallest absolute Gasteiger partial charge is 0.270 e. The largest absolute Gasteiger partial charge is 0.311 e. The van der Waals surface area contributed by atoms with Gasteiger partial charge in [0.2, 0.25) is 0 Å². The Balaban J connectivity index is 0.00000308. The van der Waals surface area contributed by atoms with Crippen molar-refractivity contribution in [1.29, 1.82) is 0 Å². The molecular formula is C31H29Cl4N3O. The van der Waals surface area contributed by atoms with Crippen molar-refractivity contribution in [3.63, 3.8) is 0 Å². The predicted molar refractivity (Wildman–Crippen MR) is 164 cm³/mol. The van der Waals surface area contributed by atoms with Gasteiger partial charge in [-0.1, -0.05) is 71.6 Å². The van der Waals surface area contributed by atoms with Crippen LogP contribution in [-0.2, 0) is 6.42 Å². The summed E-state index contributed by atoms with van der Waals surface area (Å²) in [6.07, 6.45) is 4.23. The molecule has 8 heteroatoms. The second-order valence-electron chi connectivity index (χ2n) is 10.0. The van der Waals surface area contributed by atoms with E-state index in [0.717, 1.165) is 77.2 Å². The van der Waals surface area contributed by atoms with Crippen molar-refractivity contribution in [2.45, 2.75) is 32.6 Å². The van der Waals surface area contributed by atoms with Crippen LogP contribution >= 0.6 is 47.2 Å². The molecule has 0 atom stereocenters. The Labute approximate surface area is 250 Å². The highest BCUT2D eigenvalue weighted by atomic mass is 35.5. The standard InChI is InChI=1S/C31H28Cl3N3O.ClH/c1-20-29-28(15-18-36(31(29)38)35-16-3-2-4-17-35)37(30(20)22-7-12-25(33)13-8-22)27-14-9-23(19-26(27)34)21-5-10-24(32)11-6-21;/h5-14,19H,2-4,15-18H2,1H3;1H. The Morgan fingerprint density at radius 1 is 0.718 bits per heavy atom. The maximum absolute atomic E-state index is 14.0. The number of rotatable bonds is 4. The number of aromatic nitrogens is 1. The topological polar surface area (TPSA) is 28.5 Å². The summed E-state index contributed by atoms with van der Waals surface area (Å²) in [5, 5.41) is 6.20. The predicted octanol–water partition coefficient (Wildman–Crippen LogP) is 8.90. The molecule has 3 heterocycles. The minimum atomic E-state index is 0. The van der Waals surface area contributed by atoms with Crippen LogP contribution in [0.1, 0.15) is 40.9 Å². The van der Waals surface area contributed by atoms with Gasteiger partial charge in [0.25, 0.3) is 5.91 Å². The molecule has 0 saturated carbocycles. The molecule has 4 nitrogen and oxygen atoms in total. The van der Waals surface area contributed by atoms with Gasteiger partial charge < -0.3 is 4.57 Å². The van der Waals surface area contributed by atoms with E-state index >= 15 is 0 Å². The molecular weight excluding hydrogens is 572 g/mol. The fourth-order valence-corrected chi connectivity index (χ4v) is 6.35. The lowest BCUT2D eigenvalue weighted by Gasteiger charge is -2.39. The van der Waals surface area contributed by atoms with E-state index in [1.54, 1.807) is 0 Å². The number of carbonyl (C=O) groups excluding carboxylic acids is 1. The molecule has 0 unspecified atom stereocenters. The van der Waals surface area contributed by atoms with Crippen molar-refractivity contribution in [3.8, 4) is 28.1 Å². The highest BCUT2D eigenvalue weighted by Crippen LogP contribution is 2.40. The highest BCUT2D eigenvalue weighted by molar-refractivity contribution is 6.33. The Hall–Kier alpha value is -2.47. The van der Waals surface area contributed by atoms with Gasteiger partial charge in [0.15, 0.2) is 0 Å². The molecule has 2 aliphatic heterocycles. The lowest BCUT2D eigenvalue weighted by molar-refractivity contribution is -0.0237. The normalized spacial score (nSPS) is 15.7. The first-order valence-electron chi connectivity index (χ1n) is 13.0. The second kappa shape index (κ2) is 11.6. The van der Waals surface area contributed by atoms with E-state index < -0.39 is 0 Å². The molecule has 6 rings (SSSR count). The van der Waals surface area contributed by atoms with E-state index in [2.05, 4.69) is 15.6 Å². The van der Waals surface area contributed by atoms with Gasteiger partial charge in [-0.05, 0) is 78.4 Å². The first-order valence-corrected chi connectivity index (χ1v) is 14.2. The second-order valence-corrected chi connectivity index (χ2v) is 11.3. The van der Waals surface area contributed by atoms with Crippen LogP contribution in [0.15, 0.2) is 66.7 Å². The molecule has 3 aromatic carbocycles. The number of nitrogens with zero attached hydrogens (tertiary/aromatic N) is 3. The van der Waals surface area contributed by atoms with Gasteiger partial charge >= 0.3 is 0 Å². The van der Waals surface area contributed by atoms with Crippen LogP contribution in [0.2, 0.25) is 15.1 Å². The number of hydrazine groups is 1. The van der Waals surface area contributed by atoms with Crippen LogP contribution in [0.3, 0.4) is 0 Å². The van der Waals surface area contributed by atoms with Crippen molar-refractivity contribution in [2.24, 2.45) is 0 Å². The van der Waals surface area contributed by atoms with Crippen LogP contribution in [0.5, 0.6) is 0 Å². The fourth-order valence-electron chi connectivity index (χ4n) is 5.83. The van der Waals surface area contributed by atoms with Crippen LogP contribution in [0, 0.1) is 6.92 Å². The molecule has 0 spiro atoms. The quantitative estimate of drug-likeness (QED) is 0.234. The molecule has 1 fully saturated rings. The number of halogens is 4. The molecule has 0 bridgehead atoms. The Morgan fingerprint density at radius 3 is 1.92 bits per heavy atom. The highest BCUT2D eigenvalue weighted by Gasteiger charge is 2.36. The van der Waals surface area contributed by atoms with Crippen molar-refractivity contribution in [1.82, 2.24) is 14.6 Å². The zero-order chi connectivity index (χ0) is 26.4. The van der Waals surface area contributed by atoms with Crippen LogP contribution in [0.25, 0.3) is 28.1 Å². The van der Waals surface area contributed by atoms with Crippen molar-refractivity contribution in [2.75, 3.05) is 19.6 Å². The average Bonchev–Trinajstić information content (AvgIpc) is 3.23. The molecule has 0 aliphatic carbocycles. The van der Waals surface area contributed by atoms with Crippen molar-refractivity contribution < 1.29 is 4.79 Å². The Bertz CT molecular complexity index is 1510. The summed E-state index contributed by atoms with van der Waals surface area (Å²) in [5.41, 5.74) is 7.63. The average molecular weight is 601 g/mol. The lowest BCUT2D eigenvalue weighted by atomic mass is 10.0. The van der Waals surface area contributed by atoms with Crippen molar-refractivity contribution >= 4 is 53.1 Å². The molecule has 2 aliphatic rings. The van der Waals surface area contributed by atoms with E-state index in [0.29, 0.717) is 21.6 Å². The molecule has 1 saturated heterocycles. The number of amides is 1. The van der Waals surface area contributed by atoms with E-state index in [1.165, 1.54) is 6.42 Å². The maximum Gasteiger partial charge on any atom is 0.270 e. The summed E-state index contributed by atoms with van der Waals surface area (Å²) in [5.74, 6) is 0.0773. The van der Waals surface area contributed by atoms with Crippen LogP contribution in [0.4, 0.5) is 0 Å².